The van der Waals surface area contributed by atoms with Gasteiger partial charge in [0, 0.05) is 5.69 Å². The zero-order valence-corrected chi connectivity index (χ0v) is 18.7. The molecule has 0 fully saturated rings. The minimum absolute atomic E-state index is 0.0982. The van der Waals surface area contributed by atoms with Crippen molar-refractivity contribution in [2.75, 3.05) is 23.7 Å². The van der Waals surface area contributed by atoms with Gasteiger partial charge >= 0.3 is 0 Å². The Morgan fingerprint density at radius 2 is 1.74 bits per heavy atom. The van der Waals surface area contributed by atoms with Gasteiger partial charge in [0.1, 0.15) is 0 Å². The fraction of sp³-hybridized carbons (Fsp3) is 0.200. The molecule has 2 N–H and O–H groups in total. The van der Waals surface area contributed by atoms with Crippen molar-refractivity contribution in [1.29, 1.82) is 0 Å². The lowest BCUT2D eigenvalue weighted by Gasteiger charge is -2.19. The van der Waals surface area contributed by atoms with Crippen molar-refractivity contribution in [3.8, 4) is 11.7 Å². The highest BCUT2D eigenvalue weighted by atomic mass is 16.4. The minimum Gasteiger partial charge on any atom is -0.459 e. The highest BCUT2D eigenvalue weighted by molar-refractivity contribution is 6.10. The van der Waals surface area contributed by atoms with E-state index < -0.39 is 0 Å². The average molecular weight is 460 g/mol. The maximum Gasteiger partial charge on any atom is 0.283 e. The molecule has 0 atom stereocenters. The van der Waals surface area contributed by atoms with Crippen LogP contribution < -0.4 is 10.6 Å². The van der Waals surface area contributed by atoms with Crippen molar-refractivity contribution in [3.63, 3.8) is 0 Å². The molecule has 0 bridgehead atoms. The van der Waals surface area contributed by atoms with E-state index in [9.17, 15) is 9.59 Å². The van der Waals surface area contributed by atoms with Crippen LogP contribution in [0.2, 0.25) is 0 Å². The molecule has 2 amide bonds. The van der Waals surface area contributed by atoms with E-state index in [1.807, 2.05) is 30.0 Å². The van der Waals surface area contributed by atoms with Crippen molar-refractivity contribution in [2.45, 2.75) is 19.9 Å². The third-order valence-corrected chi connectivity index (χ3v) is 4.94. The van der Waals surface area contributed by atoms with Gasteiger partial charge in [0.15, 0.2) is 5.76 Å². The van der Waals surface area contributed by atoms with Crippen LogP contribution in [0.4, 0.5) is 11.4 Å². The zero-order valence-electron chi connectivity index (χ0n) is 18.7. The number of carbonyl (C=O) groups is 2. The number of hydrogen-bond donors (Lipinski definition) is 2. The molecule has 0 saturated carbocycles. The monoisotopic (exact) mass is 459 g/mol. The first kappa shape index (κ1) is 22.9. The molecule has 34 heavy (non-hydrogen) atoms. The molecule has 2 heterocycles. The van der Waals surface area contributed by atoms with Crippen LogP contribution in [0.3, 0.4) is 0 Å². The van der Waals surface area contributed by atoms with Crippen molar-refractivity contribution in [1.82, 2.24) is 15.1 Å². The highest BCUT2D eigenvalue weighted by Gasteiger charge is 2.18. The summed E-state index contributed by atoms with van der Waals surface area (Å²) >= 11 is 0. The van der Waals surface area contributed by atoms with Gasteiger partial charge in [0.05, 0.1) is 30.6 Å². The van der Waals surface area contributed by atoms with E-state index in [2.05, 4.69) is 20.8 Å². The molecule has 9 heteroatoms. The Labute approximate surface area is 196 Å². The van der Waals surface area contributed by atoms with Gasteiger partial charge in [-0.1, -0.05) is 37.3 Å². The van der Waals surface area contributed by atoms with Crippen LogP contribution >= 0.6 is 0 Å². The predicted octanol–water partition coefficient (Wildman–Crippen LogP) is 4.43. The number of aromatic nitrogens is 2. The normalized spacial score (nSPS) is 10.9. The molecule has 4 aromatic rings. The van der Waals surface area contributed by atoms with E-state index in [0.29, 0.717) is 47.6 Å². The first-order chi connectivity index (χ1) is 16.6. The van der Waals surface area contributed by atoms with Crippen molar-refractivity contribution < 1.29 is 18.4 Å². The van der Waals surface area contributed by atoms with Gasteiger partial charge in [-0.05, 0) is 49.4 Å². The van der Waals surface area contributed by atoms with Crippen LogP contribution in [0.1, 0.15) is 29.6 Å². The Kier molecular flexibility index (Phi) is 7.46. The number of nitrogens with zero attached hydrogens (tertiary/aromatic N) is 3. The quantitative estimate of drug-likeness (QED) is 0.361. The van der Waals surface area contributed by atoms with Crippen molar-refractivity contribution in [3.05, 3.63) is 84.4 Å². The summed E-state index contributed by atoms with van der Waals surface area (Å²) in [5.41, 5.74) is 1.49. The van der Waals surface area contributed by atoms with Crippen LogP contribution in [0.15, 0.2) is 81.8 Å². The second-order valence-electron chi connectivity index (χ2n) is 7.60. The fourth-order valence-electron chi connectivity index (χ4n) is 3.44. The summed E-state index contributed by atoms with van der Waals surface area (Å²) in [6, 6.07) is 19.5. The lowest BCUT2D eigenvalue weighted by atomic mass is 10.1. The molecule has 2 aromatic carbocycles. The summed E-state index contributed by atoms with van der Waals surface area (Å²) in [5, 5.41) is 13.8. The number of nitrogens with one attached hydrogen (secondary N) is 2. The van der Waals surface area contributed by atoms with Gasteiger partial charge in [-0.15, -0.1) is 10.2 Å². The Bertz CT molecular complexity index is 1220. The molecule has 0 aliphatic rings. The molecule has 4 rings (SSSR count). The third-order valence-electron chi connectivity index (χ3n) is 4.94. The van der Waals surface area contributed by atoms with Crippen LogP contribution in [0, 0.1) is 0 Å². The minimum atomic E-state index is -0.302. The molecule has 0 radical (unpaired) electrons. The Balaban J connectivity index is 1.40. The number of furan rings is 1. The van der Waals surface area contributed by atoms with Gasteiger partial charge in [-0.2, -0.15) is 0 Å². The third kappa shape index (κ3) is 5.96. The smallest absolute Gasteiger partial charge is 0.283 e. The number of rotatable bonds is 10. The van der Waals surface area contributed by atoms with E-state index in [1.165, 1.54) is 6.26 Å². The van der Waals surface area contributed by atoms with Gasteiger partial charge in [0.25, 0.3) is 11.8 Å². The predicted molar refractivity (Wildman–Crippen MR) is 127 cm³/mol. The van der Waals surface area contributed by atoms with Gasteiger partial charge in [-0.25, -0.2) is 0 Å². The van der Waals surface area contributed by atoms with Crippen LogP contribution in [-0.4, -0.2) is 40.0 Å². The highest BCUT2D eigenvalue weighted by Crippen LogP contribution is 2.20. The van der Waals surface area contributed by atoms with E-state index in [1.54, 1.807) is 48.5 Å². The lowest BCUT2D eigenvalue weighted by molar-refractivity contribution is -0.117. The average Bonchev–Trinajstić information content (AvgIpc) is 3.52. The van der Waals surface area contributed by atoms with Crippen LogP contribution in [0.5, 0.6) is 0 Å². The zero-order chi connectivity index (χ0) is 23.8. The standard InChI is InChI=1S/C25H25N5O4/c1-2-14-30(17-23-28-29-25(34-23)21-13-8-15-33-21)16-22(31)27-20-12-7-6-11-19(20)24(32)26-18-9-4-3-5-10-18/h3-13,15H,2,14,16-17H2,1H3,(H,26,32)(H,27,31). The molecule has 174 valence electrons. The van der Waals surface area contributed by atoms with Crippen LogP contribution in [-0.2, 0) is 11.3 Å². The first-order valence-electron chi connectivity index (χ1n) is 11.0. The summed E-state index contributed by atoms with van der Waals surface area (Å²) in [6.07, 6.45) is 2.37. The topological polar surface area (TPSA) is 114 Å². The van der Waals surface area contributed by atoms with Crippen molar-refractivity contribution >= 4 is 23.2 Å². The SMILES string of the molecule is CCCN(CC(=O)Nc1ccccc1C(=O)Nc1ccccc1)Cc1nnc(-c2ccco2)o1. The van der Waals surface area contributed by atoms with E-state index in [0.717, 1.165) is 6.42 Å². The largest absolute Gasteiger partial charge is 0.459 e. The molecule has 0 spiro atoms. The molecular formula is C25H25N5O4. The number of hydrogen-bond acceptors (Lipinski definition) is 7. The summed E-state index contributed by atoms with van der Waals surface area (Å²) in [4.78, 5) is 27.5. The molecule has 0 saturated heterocycles. The number of para-hydroxylation sites is 2. The molecule has 0 aliphatic carbocycles. The number of amides is 2. The second-order valence-corrected chi connectivity index (χ2v) is 7.60. The van der Waals surface area contributed by atoms with Crippen molar-refractivity contribution in [2.24, 2.45) is 0 Å². The second kappa shape index (κ2) is 11.1. The summed E-state index contributed by atoms with van der Waals surface area (Å²) in [5.74, 6) is 0.612. The van der Waals surface area contributed by atoms with E-state index in [-0.39, 0.29) is 18.4 Å². The van der Waals surface area contributed by atoms with Gasteiger partial charge in [0.2, 0.25) is 11.8 Å². The maximum absolute atomic E-state index is 12.8. The first-order valence-corrected chi connectivity index (χ1v) is 11.0. The van der Waals surface area contributed by atoms with E-state index in [4.69, 9.17) is 8.83 Å². The maximum atomic E-state index is 12.8. The Morgan fingerprint density at radius 3 is 2.50 bits per heavy atom. The summed E-state index contributed by atoms with van der Waals surface area (Å²) < 4.78 is 10.9. The van der Waals surface area contributed by atoms with Gasteiger partial charge in [-0.3, -0.25) is 14.5 Å². The van der Waals surface area contributed by atoms with E-state index >= 15 is 0 Å². The molecule has 9 nitrogen and oxygen atoms in total. The number of benzene rings is 2. The summed E-state index contributed by atoms with van der Waals surface area (Å²) in [7, 11) is 0. The molecule has 0 aliphatic heterocycles. The fourth-order valence-corrected chi connectivity index (χ4v) is 3.44. The Morgan fingerprint density at radius 1 is 0.941 bits per heavy atom. The number of anilines is 2. The molecular weight excluding hydrogens is 434 g/mol. The van der Waals surface area contributed by atoms with Crippen LogP contribution in [0.25, 0.3) is 11.7 Å². The van der Waals surface area contributed by atoms with Gasteiger partial charge < -0.3 is 19.5 Å². The summed E-state index contributed by atoms with van der Waals surface area (Å²) in [6.45, 7) is 3.09. The molecule has 0 unspecified atom stereocenters. The molecule has 2 aromatic heterocycles. The number of carbonyl (C=O) groups excluding carboxylic acids is 2. The lowest BCUT2D eigenvalue weighted by Crippen LogP contribution is -2.34. The Hall–Kier alpha value is -4.24.